The highest BCUT2D eigenvalue weighted by molar-refractivity contribution is 9.10. The second kappa shape index (κ2) is 8.64. The lowest BCUT2D eigenvalue weighted by Gasteiger charge is -2.10. The molecular weight excluding hydrogens is 446 g/mol. The fraction of sp³-hybridized carbons (Fsp3) is 0.333. The molecule has 2 aromatic carbocycles. The monoisotopic (exact) mass is 469 g/mol. The zero-order valence-corrected chi connectivity index (χ0v) is 18.7. The number of oxazole rings is 1. The number of benzene rings is 2. The minimum atomic E-state index is -0.742. The lowest BCUT2D eigenvalue weighted by molar-refractivity contribution is -0.137. The first-order valence-electron chi connectivity index (χ1n) is 10.1. The minimum absolute atomic E-state index is 0.115. The van der Waals surface area contributed by atoms with E-state index in [1.165, 1.54) is 11.1 Å². The number of aliphatic carboxylic acids is 1. The lowest BCUT2D eigenvalue weighted by atomic mass is 9.98. The molecule has 156 valence electrons. The highest BCUT2D eigenvalue weighted by atomic mass is 79.9. The zero-order valence-electron chi connectivity index (χ0n) is 17.1. The summed E-state index contributed by atoms with van der Waals surface area (Å²) in [7, 11) is 0. The standard InChI is InChI=1S/C24H24BrNO4/c1-14-3-4-18(12-21(14)25)24-26-22(15(2)30-24)9-10-29-19-7-8-20-16(11-19)5-6-17(20)13-23(27)28/h3-4,7-8,11-12,17H,5-6,9-10,13H2,1-2H3,(H,27,28)/t17-/m0/s1. The highest BCUT2D eigenvalue weighted by Crippen LogP contribution is 2.37. The molecule has 5 nitrogen and oxygen atoms in total. The Morgan fingerprint density at radius 1 is 1.27 bits per heavy atom. The first-order valence-corrected chi connectivity index (χ1v) is 10.9. The Kier molecular flexibility index (Phi) is 5.95. The molecule has 0 amide bonds. The summed E-state index contributed by atoms with van der Waals surface area (Å²) in [6.07, 6.45) is 2.64. The highest BCUT2D eigenvalue weighted by Gasteiger charge is 2.25. The maximum Gasteiger partial charge on any atom is 0.303 e. The zero-order chi connectivity index (χ0) is 21.3. The van der Waals surface area contributed by atoms with Gasteiger partial charge in [0.15, 0.2) is 0 Å². The van der Waals surface area contributed by atoms with Gasteiger partial charge in [-0.3, -0.25) is 4.79 Å². The maximum absolute atomic E-state index is 11.0. The predicted molar refractivity (Wildman–Crippen MR) is 118 cm³/mol. The summed E-state index contributed by atoms with van der Waals surface area (Å²) in [5.74, 6) is 1.60. The van der Waals surface area contributed by atoms with Crippen LogP contribution in [0.1, 0.15) is 46.9 Å². The van der Waals surface area contributed by atoms with Gasteiger partial charge in [-0.15, -0.1) is 0 Å². The Morgan fingerprint density at radius 3 is 2.87 bits per heavy atom. The molecule has 1 N–H and O–H groups in total. The Bertz CT molecular complexity index is 1090. The Hall–Kier alpha value is -2.60. The van der Waals surface area contributed by atoms with Crippen molar-refractivity contribution in [2.24, 2.45) is 0 Å². The van der Waals surface area contributed by atoms with Crippen LogP contribution in [0, 0.1) is 13.8 Å². The van der Waals surface area contributed by atoms with E-state index < -0.39 is 5.97 Å². The molecule has 1 aromatic heterocycles. The van der Waals surface area contributed by atoms with Crippen LogP contribution in [0.2, 0.25) is 0 Å². The summed E-state index contributed by atoms with van der Waals surface area (Å²) in [6, 6.07) is 12.1. The molecule has 1 aliphatic carbocycles. The molecule has 0 bridgehead atoms. The molecule has 4 rings (SSSR count). The van der Waals surface area contributed by atoms with Gasteiger partial charge in [0.1, 0.15) is 11.5 Å². The maximum atomic E-state index is 11.0. The number of ether oxygens (including phenoxy) is 1. The molecule has 0 unspecified atom stereocenters. The molecule has 0 saturated heterocycles. The first-order chi connectivity index (χ1) is 14.4. The van der Waals surface area contributed by atoms with Crippen molar-refractivity contribution in [1.29, 1.82) is 0 Å². The molecule has 6 heteroatoms. The third-order valence-corrected chi connectivity index (χ3v) is 6.51. The number of carboxylic acids is 1. The smallest absolute Gasteiger partial charge is 0.303 e. The number of carbonyl (C=O) groups is 1. The van der Waals surface area contributed by atoms with Crippen LogP contribution in [0.3, 0.4) is 0 Å². The topological polar surface area (TPSA) is 72.6 Å². The second-order valence-corrected chi connectivity index (χ2v) is 8.63. The Balaban J connectivity index is 1.39. The summed E-state index contributed by atoms with van der Waals surface area (Å²) in [5.41, 5.74) is 5.34. The van der Waals surface area contributed by atoms with Crippen molar-refractivity contribution in [3.05, 3.63) is 69.0 Å². The average Bonchev–Trinajstić information content (AvgIpc) is 3.27. The Morgan fingerprint density at radius 2 is 2.10 bits per heavy atom. The van der Waals surface area contributed by atoms with Crippen LogP contribution in [-0.4, -0.2) is 22.7 Å². The minimum Gasteiger partial charge on any atom is -0.493 e. The van der Waals surface area contributed by atoms with Gasteiger partial charge in [-0.1, -0.05) is 28.1 Å². The first kappa shape index (κ1) is 20.7. The molecule has 0 spiro atoms. The van der Waals surface area contributed by atoms with Gasteiger partial charge < -0.3 is 14.3 Å². The van der Waals surface area contributed by atoms with Gasteiger partial charge in [-0.2, -0.15) is 0 Å². The van der Waals surface area contributed by atoms with E-state index in [-0.39, 0.29) is 12.3 Å². The van der Waals surface area contributed by atoms with Crippen molar-refractivity contribution in [1.82, 2.24) is 4.98 Å². The van der Waals surface area contributed by atoms with Crippen LogP contribution in [0.15, 0.2) is 45.3 Å². The van der Waals surface area contributed by atoms with Crippen molar-refractivity contribution >= 4 is 21.9 Å². The van der Waals surface area contributed by atoms with Gasteiger partial charge in [0, 0.05) is 16.5 Å². The van der Waals surface area contributed by atoms with Crippen molar-refractivity contribution in [2.75, 3.05) is 6.61 Å². The van der Waals surface area contributed by atoms with Gasteiger partial charge in [0.05, 0.1) is 18.7 Å². The lowest BCUT2D eigenvalue weighted by Crippen LogP contribution is -2.04. The van der Waals surface area contributed by atoms with Crippen LogP contribution in [0.25, 0.3) is 11.5 Å². The quantitative estimate of drug-likeness (QED) is 0.469. The number of halogens is 1. The van der Waals surface area contributed by atoms with Crippen LogP contribution in [0.4, 0.5) is 0 Å². The summed E-state index contributed by atoms with van der Waals surface area (Å²) in [4.78, 5) is 15.7. The fourth-order valence-electron chi connectivity index (χ4n) is 3.97. The SMILES string of the molecule is Cc1ccc(-c2nc(CCOc3ccc4c(c3)CC[C@H]4CC(=O)O)c(C)o2)cc1Br. The van der Waals surface area contributed by atoms with E-state index >= 15 is 0 Å². The molecular formula is C24H24BrNO4. The van der Waals surface area contributed by atoms with Crippen molar-refractivity contribution in [3.63, 3.8) is 0 Å². The van der Waals surface area contributed by atoms with Gasteiger partial charge in [0.2, 0.25) is 5.89 Å². The van der Waals surface area contributed by atoms with E-state index in [1.807, 2.05) is 50.2 Å². The van der Waals surface area contributed by atoms with Crippen molar-refractivity contribution in [2.45, 2.75) is 45.4 Å². The van der Waals surface area contributed by atoms with E-state index in [0.29, 0.717) is 18.9 Å². The molecule has 1 heterocycles. The van der Waals surface area contributed by atoms with Crippen molar-refractivity contribution < 1.29 is 19.1 Å². The largest absolute Gasteiger partial charge is 0.493 e. The van der Waals surface area contributed by atoms with E-state index in [9.17, 15) is 4.79 Å². The number of fused-ring (bicyclic) bond motifs is 1. The van der Waals surface area contributed by atoms with Crippen molar-refractivity contribution in [3.8, 4) is 17.2 Å². The Labute approximate surface area is 184 Å². The summed E-state index contributed by atoms with van der Waals surface area (Å²) < 4.78 is 12.8. The third-order valence-electron chi connectivity index (χ3n) is 5.66. The summed E-state index contributed by atoms with van der Waals surface area (Å²) in [6.45, 7) is 4.47. The molecule has 0 saturated carbocycles. The van der Waals surface area contributed by atoms with Gasteiger partial charge in [0.25, 0.3) is 0 Å². The number of nitrogens with zero attached hydrogens (tertiary/aromatic N) is 1. The molecule has 1 atom stereocenters. The average molecular weight is 470 g/mol. The fourth-order valence-corrected chi connectivity index (χ4v) is 4.35. The van der Waals surface area contributed by atoms with E-state index in [0.717, 1.165) is 45.6 Å². The molecule has 0 aliphatic heterocycles. The molecule has 1 aliphatic rings. The summed E-state index contributed by atoms with van der Waals surface area (Å²) >= 11 is 3.55. The molecule has 0 radical (unpaired) electrons. The normalized spacial score (nSPS) is 15.2. The van der Waals surface area contributed by atoms with E-state index in [2.05, 4.69) is 20.9 Å². The number of aryl methyl sites for hydroxylation is 3. The van der Waals surface area contributed by atoms with Crippen LogP contribution in [0.5, 0.6) is 5.75 Å². The third kappa shape index (κ3) is 4.43. The van der Waals surface area contributed by atoms with Gasteiger partial charge >= 0.3 is 5.97 Å². The van der Waals surface area contributed by atoms with E-state index in [4.69, 9.17) is 14.3 Å². The number of aromatic nitrogens is 1. The summed E-state index contributed by atoms with van der Waals surface area (Å²) in [5, 5.41) is 9.06. The van der Waals surface area contributed by atoms with E-state index in [1.54, 1.807) is 0 Å². The van der Waals surface area contributed by atoms with Gasteiger partial charge in [-0.25, -0.2) is 4.98 Å². The predicted octanol–water partition coefficient (Wildman–Crippen LogP) is 5.85. The second-order valence-electron chi connectivity index (χ2n) is 7.78. The number of hydrogen-bond acceptors (Lipinski definition) is 4. The molecule has 3 aromatic rings. The molecule has 0 fully saturated rings. The van der Waals surface area contributed by atoms with Gasteiger partial charge in [-0.05, 0) is 73.6 Å². The van der Waals surface area contributed by atoms with Crippen LogP contribution >= 0.6 is 15.9 Å². The number of hydrogen-bond donors (Lipinski definition) is 1. The van der Waals surface area contributed by atoms with Crippen LogP contribution in [-0.2, 0) is 17.6 Å². The number of rotatable bonds is 7. The van der Waals surface area contributed by atoms with Crippen LogP contribution < -0.4 is 4.74 Å². The molecule has 30 heavy (non-hydrogen) atoms. The number of carboxylic acid groups (broad SMARTS) is 1.